The van der Waals surface area contributed by atoms with E-state index in [1.54, 1.807) is 29.8 Å². The van der Waals surface area contributed by atoms with Crippen LogP contribution in [-0.4, -0.2) is 48.6 Å². The van der Waals surface area contributed by atoms with Gasteiger partial charge in [-0.1, -0.05) is 47.5 Å². The fourth-order valence-corrected chi connectivity index (χ4v) is 10.3. The van der Waals surface area contributed by atoms with E-state index in [-0.39, 0.29) is 58.6 Å². The first kappa shape index (κ1) is 33.8. The molecule has 3 aromatic heterocycles. The second-order valence-electron chi connectivity index (χ2n) is 15.7. The van der Waals surface area contributed by atoms with Crippen molar-refractivity contribution in [2.45, 2.75) is 69.6 Å². The summed E-state index contributed by atoms with van der Waals surface area (Å²) < 4.78 is 23.2. The van der Waals surface area contributed by atoms with Crippen molar-refractivity contribution in [3.63, 3.8) is 0 Å². The molecule has 6 aromatic rings. The Bertz CT molecular complexity index is 2670. The smallest absolute Gasteiger partial charge is 0.329 e. The number of rotatable bonds is 7. The molecular formula is C42H38Cl2FN7O2. The molecule has 11 rings (SSSR count). The number of hydrogen-bond donors (Lipinski definition) is 1. The maximum Gasteiger partial charge on any atom is 0.329 e. The molecule has 2 saturated carbocycles. The maximum absolute atomic E-state index is 17.3. The summed E-state index contributed by atoms with van der Waals surface area (Å²) >= 11 is 13.1. The Morgan fingerprint density at radius 1 is 1.06 bits per heavy atom. The minimum Gasteiger partial charge on any atom is -0.337 e. The van der Waals surface area contributed by atoms with Crippen LogP contribution in [-0.2, 0) is 18.3 Å². The number of likely N-dealkylation sites (tertiary alicyclic amines) is 1. The van der Waals surface area contributed by atoms with E-state index in [2.05, 4.69) is 22.0 Å². The Morgan fingerprint density at radius 2 is 1.85 bits per heavy atom. The SMILES string of the molecule is Cc1nc2c(F)c(-c3cccc(Cl)c3Cl)c(CCC#N)cc2c2c1cc([C@H]1C[C@H](n3c(=O)n(C)c4ccccc43)CN1C(=O)C1CC1)n2[C@H]1[C@H]2CN[C@@H]1C2. The van der Waals surface area contributed by atoms with Crippen LogP contribution in [0.4, 0.5) is 4.39 Å². The maximum atomic E-state index is 17.3. The molecule has 0 radical (unpaired) electrons. The van der Waals surface area contributed by atoms with Crippen LogP contribution in [0.15, 0.2) is 59.4 Å². The molecule has 3 aliphatic heterocycles. The predicted octanol–water partition coefficient (Wildman–Crippen LogP) is 8.18. The molecule has 274 valence electrons. The van der Waals surface area contributed by atoms with Crippen LogP contribution in [0, 0.1) is 35.9 Å². The average Bonchev–Trinajstić information content (AvgIpc) is 3.50. The zero-order valence-corrected chi connectivity index (χ0v) is 31.5. The molecule has 54 heavy (non-hydrogen) atoms. The molecule has 3 aromatic carbocycles. The number of aromatic nitrogens is 4. The molecule has 9 nitrogen and oxygen atoms in total. The largest absolute Gasteiger partial charge is 0.337 e. The number of nitrogens with one attached hydrogen (secondary N) is 1. The van der Waals surface area contributed by atoms with Crippen LogP contribution >= 0.6 is 23.2 Å². The minimum atomic E-state index is -0.500. The number of imidazole rings is 1. The topological polar surface area (TPSA) is 101 Å². The van der Waals surface area contributed by atoms with Gasteiger partial charge in [-0.3, -0.25) is 13.9 Å². The number of hydrogen-bond acceptors (Lipinski definition) is 5. The van der Waals surface area contributed by atoms with E-state index in [4.69, 9.17) is 28.2 Å². The van der Waals surface area contributed by atoms with Crippen molar-refractivity contribution in [3.05, 3.63) is 97.9 Å². The van der Waals surface area contributed by atoms with Crippen molar-refractivity contribution >= 4 is 61.9 Å². The predicted molar refractivity (Wildman–Crippen MR) is 208 cm³/mol. The number of carbonyl (C=O) groups is 1. The molecule has 0 spiro atoms. The Morgan fingerprint density at radius 3 is 2.57 bits per heavy atom. The number of pyridine rings is 1. The summed E-state index contributed by atoms with van der Waals surface area (Å²) in [5.41, 5.74) is 5.85. The van der Waals surface area contributed by atoms with Gasteiger partial charge in [0.1, 0.15) is 5.52 Å². The number of fused-ring (bicyclic) bond motifs is 5. The third-order valence-electron chi connectivity index (χ3n) is 12.6. The van der Waals surface area contributed by atoms with Crippen molar-refractivity contribution in [3.8, 4) is 17.2 Å². The van der Waals surface area contributed by atoms with Gasteiger partial charge >= 0.3 is 5.69 Å². The van der Waals surface area contributed by atoms with E-state index in [1.807, 2.05) is 46.7 Å². The molecule has 5 fully saturated rings. The van der Waals surface area contributed by atoms with E-state index in [9.17, 15) is 14.9 Å². The second kappa shape index (κ2) is 12.4. The monoisotopic (exact) mass is 761 g/mol. The van der Waals surface area contributed by atoms with Crippen molar-refractivity contribution < 1.29 is 9.18 Å². The quantitative estimate of drug-likeness (QED) is 0.177. The van der Waals surface area contributed by atoms with E-state index >= 15 is 4.39 Å². The lowest BCUT2D eigenvalue weighted by atomic mass is 9.79. The van der Waals surface area contributed by atoms with Gasteiger partial charge in [-0.05, 0) is 80.8 Å². The highest BCUT2D eigenvalue weighted by atomic mass is 35.5. The molecule has 2 aliphatic carbocycles. The van der Waals surface area contributed by atoms with Crippen LogP contribution in [0.2, 0.25) is 10.0 Å². The summed E-state index contributed by atoms with van der Waals surface area (Å²) in [7, 11) is 1.80. The van der Waals surface area contributed by atoms with Gasteiger partial charge in [0.2, 0.25) is 5.91 Å². The first-order valence-corrected chi connectivity index (χ1v) is 19.6. The number of aryl methyl sites for hydroxylation is 3. The van der Waals surface area contributed by atoms with Gasteiger partial charge in [0, 0.05) is 71.8 Å². The average molecular weight is 763 g/mol. The highest BCUT2D eigenvalue weighted by Crippen LogP contribution is 2.52. The lowest BCUT2D eigenvalue weighted by Gasteiger charge is -2.39. The molecule has 0 unspecified atom stereocenters. The highest BCUT2D eigenvalue weighted by molar-refractivity contribution is 6.43. The second-order valence-corrected chi connectivity index (χ2v) is 16.4. The number of carbonyl (C=O) groups excluding carboxylic acids is 1. The number of nitriles is 1. The molecule has 1 N–H and O–H groups in total. The summed E-state index contributed by atoms with van der Waals surface area (Å²) in [6.45, 7) is 3.23. The molecule has 5 atom stereocenters. The van der Waals surface area contributed by atoms with Crippen LogP contribution in [0.5, 0.6) is 0 Å². The number of halogens is 3. The van der Waals surface area contributed by atoms with Crippen LogP contribution in [0.25, 0.3) is 44.0 Å². The van der Waals surface area contributed by atoms with E-state index in [1.165, 1.54) is 0 Å². The molecule has 2 bridgehead atoms. The number of amides is 1. The van der Waals surface area contributed by atoms with E-state index in [0.29, 0.717) is 58.1 Å². The van der Waals surface area contributed by atoms with Crippen molar-refractivity contribution in [2.75, 3.05) is 13.1 Å². The molecule has 3 saturated heterocycles. The van der Waals surface area contributed by atoms with Crippen molar-refractivity contribution in [1.29, 1.82) is 5.26 Å². The third kappa shape index (κ3) is 4.87. The van der Waals surface area contributed by atoms with Gasteiger partial charge in [-0.2, -0.15) is 5.26 Å². The standard InChI is InChI=1S/C42H38Cl2FN7O2/c1-21-27-18-34(33-17-25(20-50(33)41(53)22-12-13-22)51-32-11-4-3-10-31(32)49(2)42(51)54)52(39-24-16-30(39)47-19-24)40(27)28-15-23(7-6-14-46)35(37(45)38(28)48-21)26-8-5-9-29(43)36(26)44/h3-5,8-11,15,18,22,24-25,30,33,39,47H,6-7,12-13,16-17,19-20H2,1-2H3/t24-,25+,30-,33-,39+/m1/s1. The van der Waals surface area contributed by atoms with Crippen molar-refractivity contribution in [2.24, 2.45) is 18.9 Å². The van der Waals surface area contributed by atoms with Gasteiger partial charge in [0.15, 0.2) is 5.82 Å². The summed E-state index contributed by atoms with van der Waals surface area (Å²) in [5.74, 6) is 0.00806. The number of nitrogens with zero attached hydrogens (tertiary/aromatic N) is 6. The summed E-state index contributed by atoms with van der Waals surface area (Å²) in [5, 5.41) is 15.5. The molecule has 5 aliphatic rings. The normalized spacial score (nSPS) is 23.5. The minimum absolute atomic E-state index is 0.00683. The Balaban J connectivity index is 1.22. The van der Waals surface area contributed by atoms with Crippen LogP contribution in [0.3, 0.4) is 0 Å². The first-order valence-electron chi connectivity index (χ1n) is 18.8. The summed E-state index contributed by atoms with van der Waals surface area (Å²) in [6, 6.07) is 19.2. The van der Waals surface area contributed by atoms with Gasteiger partial charge in [-0.25, -0.2) is 14.2 Å². The number of para-hydroxylation sites is 2. The van der Waals surface area contributed by atoms with Crippen LogP contribution < -0.4 is 11.0 Å². The molecule has 12 heteroatoms. The highest BCUT2D eigenvalue weighted by Gasteiger charge is 2.51. The van der Waals surface area contributed by atoms with E-state index in [0.717, 1.165) is 53.4 Å². The molecule has 1 amide bonds. The number of benzene rings is 3. The lowest BCUT2D eigenvalue weighted by molar-refractivity contribution is -0.133. The van der Waals surface area contributed by atoms with Gasteiger partial charge < -0.3 is 14.8 Å². The summed E-state index contributed by atoms with van der Waals surface area (Å²) in [4.78, 5) is 35.0. The summed E-state index contributed by atoms with van der Waals surface area (Å²) in [6.07, 6.45) is 3.87. The fraction of sp³-hybridized carbons (Fsp3) is 0.381. The first-order chi connectivity index (χ1) is 26.2. The van der Waals surface area contributed by atoms with Gasteiger partial charge in [-0.15, -0.1) is 0 Å². The zero-order valence-electron chi connectivity index (χ0n) is 30.0. The Labute approximate surface area is 320 Å². The molecular weight excluding hydrogens is 724 g/mol. The van der Waals surface area contributed by atoms with Crippen LogP contribution in [0.1, 0.15) is 67.2 Å². The zero-order chi connectivity index (χ0) is 37.2. The van der Waals surface area contributed by atoms with Gasteiger partial charge in [0.25, 0.3) is 0 Å². The lowest BCUT2D eigenvalue weighted by Crippen LogP contribution is -2.41. The Kier molecular flexibility index (Phi) is 7.78. The fourth-order valence-electron chi connectivity index (χ4n) is 9.86. The molecule has 6 heterocycles. The third-order valence-corrected chi connectivity index (χ3v) is 13.4. The Hall–Kier alpha value is -4.69. The van der Waals surface area contributed by atoms with E-state index < -0.39 is 5.82 Å². The van der Waals surface area contributed by atoms with Crippen molar-refractivity contribution in [1.82, 2.24) is 28.9 Å². The van der Waals surface area contributed by atoms with Gasteiger partial charge in [0.05, 0.1) is 50.8 Å².